The highest BCUT2D eigenvalue weighted by atomic mass is 35.5. The standard InChI is InChI=1S/C13H6Cl2F2N2O4.C13H6Cl2N2O5.C13H6ClF3N2O4.C13H6ClFN2O5.C13H6F4N2O4.C13H6F2N2O5/c14-9-3-1-7(5-11(9)18(20)21)13(16,17)8-2-4-10(15)12(6-8)19(22)23;14-9-3-1-7(5-11(9)16(19)20)13(18)8-2-4-10(15)12(6-8)17(21)22;14-9-3-1-7(5-11(9)18(20)21)13(16,17)8-2-4-10(15)12(6-8)19(22)23;14-9-3-1-7(5-11(9)16(19)20)13(18)8-2-4-10(15)12(6-8)17(21)22;14-9-3-1-7(5-11(9)18(20)21)13(16,17)8-2-4-10(15)12(6-8)19(22)23;14-9-3-1-7(5-11(9)16(19)20)13(18)8-2-4-10(15)12(6-8)17(21)22/h1-6H;1-6H;1-6H;1-6H;1-6H;1-6H. The normalized spacial score (nSPS) is 10.8. The summed E-state index contributed by atoms with van der Waals surface area (Å²) in [6, 6.07) is 29.8. The zero-order chi connectivity index (χ0) is 101. The lowest BCUT2D eigenvalue weighted by atomic mass is 9.99. The van der Waals surface area contributed by atoms with E-state index >= 15 is 0 Å². The van der Waals surface area contributed by atoms with E-state index in [1.165, 1.54) is 36.4 Å². The summed E-state index contributed by atoms with van der Waals surface area (Å²) in [5, 5.41) is 127. The maximum absolute atomic E-state index is 14.5. The summed E-state index contributed by atoms with van der Waals surface area (Å²) in [7, 11) is 0. The van der Waals surface area contributed by atoms with E-state index in [2.05, 4.69) is 0 Å². The van der Waals surface area contributed by atoms with Gasteiger partial charge in [-0.1, -0.05) is 87.8 Å². The minimum atomic E-state index is -3.92. The summed E-state index contributed by atoms with van der Waals surface area (Å²) < 4.78 is 166. The van der Waals surface area contributed by atoms with Crippen molar-refractivity contribution in [3.05, 3.63) is 472 Å². The topological polar surface area (TPSA) is 569 Å². The third kappa shape index (κ3) is 25.5. The van der Waals surface area contributed by atoms with Gasteiger partial charge >= 0.3 is 34.1 Å². The fourth-order valence-electron chi connectivity index (χ4n) is 10.9. The van der Waals surface area contributed by atoms with Crippen molar-refractivity contribution in [2.75, 3.05) is 0 Å². The van der Waals surface area contributed by atoms with E-state index in [4.69, 9.17) is 69.6 Å². The summed E-state index contributed by atoms with van der Waals surface area (Å²) in [4.78, 5) is 154. The molecule has 0 unspecified atom stereocenters. The van der Waals surface area contributed by atoms with E-state index in [1.54, 1.807) is 0 Å². The smallest absolute Gasteiger partial charge is 0.289 e. The summed E-state index contributed by atoms with van der Waals surface area (Å²) in [6.07, 6.45) is 0. The summed E-state index contributed by atoms with van der Waals surface area (Å²) >= 11 is 33.7. The zero-order valence-electron chi connectivity index (χ0n) is 65.0. The fourth-order valence-corrected chi connectivity index (χ4v) is 12.0. The third-order valence-corrected chi connectivity index (χ3v) is 19.4. The van der Waals surface area contributed by atoms with Crippen LogP contribution in [0.5, 0.6) is 0 Å². The second-order valence-electron chi connectivity index (χ2n) is 25.8. The molecular formula is C78H36Cl6F12N12O27. The molecule has 12 aromatic rings. The van der Waals surface area contributed by atoms with E-state index in [-0.39, 0.29) is 63.5 Å². The number of alkyl halides is 6. The molecule has 0 saturated heterocycles. The van der Waals surface area contributed by atoms with Crippen molar-refractivity contribution in [2.24, 2.45) is 0 Å². The number of nitrogens with zero attached hydrogens (tertiary/aromatic N) is 12. The van der Waals surface area contributed by atoms with Gasteiger partial charge in [-0.2, -0.15) is 52.7 Å². The number of ketones is 3. The number of carbonyl (C=O) groups excluding carboxylic acids is 3. The molecule has 0 radical (unpaired) electrons. The molecule has 0 N–H and O–H groups in total. The quantitative estimate of drug-likeness (QED) is 0.0235. The molecule has 0 saturated carbocycles. The van der Waals surface area contributed by atoms with Crippen molar-refractivity contribution in [2.45, 2.75) is 17.8 Å². The van der Waals surface area contributed by atoms with Crippen LogP contribution in [0, 0.1) is 156 Å². The Hall–Kier alpha value is -16.7. The highest BCUT2D eigenvalue weighted by Crippen LogP contribution is 2.45. The molecule has 696 valence electrons. The third-order valence-electron chi connectivity index (χ3n) is 17.5. The Morgan fingerprint density at radius 1 is 0.185 bits per heavy atom. The molecule has 12 aromatic carbocycles. The van der Waals surface area contributed by atoms with Crippen molar-refractivity contribution in [3.8, 4) is 0 Å². The number of halogens is 18. The first-order valence-corrected chi connectivity index (χ1v) is 37.2. The molecular weight excluding hydrogens is 1980 g/mol. The van der Waals surface area contributed by atoms with Gasteiger partial charge in [-0.3, -0.25) is 136 Å². The van der Waals surface area contributed by atoms with Crippen molar-refractivity contribution in [3.63, 3.8) is 0 Å². The Bertz CT molecular complexity index is 5930. The highest BCUT2D eigenvalue weighted by molar-refractivity contribution is 6.35. The maximum Gasteiger partial charge on any atom is 0.305 e. The first kappa shape index (κ1) is 105. The largest absolute Gasteiger partial charge is 0.305 e. The first-order valence-electron chi connectivity index (χ1n) is 34.9. The number of rotatable bonds is 24. The number of nitro benzene ring substituents is 12. The molecule has 135 heavy (non-hydrogen) atoms. The average molecular weight is 2010 g/mol. The molecule has 0 fully saturated rings. The SMILES string of the molecule is O=C(c1ccc(Cl)c([N+](=O)[O-])c1)c1ccc(Cl)c([N+](=O)[O-])c1.O=C(c1ccc(F)c([N+](=O)[O-])c1)c1ccc(Cl)c([N+](=O)[O-])c1.O=C(c1ccc(F)c([N+](=O)[O-])c1)c1ccc(F)c([N+](=O)[O-])c1.O=[N+]([O-])c1cc(C(F)(F)c2ccc(Cl)c([N+](=O)[O-])c2)ccc1Cl.O=[N+]([O-])c1cc(C(F)(F)c2ccc(Cl)c([N+](=O)[O-])c2)ccc1F.O=[N+]([O-])c1cc(C(F)(F)c2ccc(F)c([N+](=O)[O-])c2)ccc1F. The zero-order valence-corrected chi connectivity index (χ0v) is 69.5. The van der Waals surface area contributed by atoms with Crippen molar-refractivity contribution in [1.29, 1.82) is 0 Å². The molecule has 57 heteroatoms. The van der Waals surface area contributed by atoms with Gasteiger partial charge < -0.3 is 0 Å². The molecule has 0 spiro atoms. The van der Waals surface area contributed by atoms with Crippen LogP contribution in [-0.4, -0.2) is 76.4 Å². The minimum absolute atomic E-state index is 0.00674. The van der Waals surface area contributed by atoms with Crippen LogP contribution in [0.25, 0.3) is 0 Å². The van der Waals surface area contributed by atoms with Crippen molar-refractivity contribution >= 4 is 155 Å². The number of carbonyl (C=O) groups is 3. The maximum atomic E-state index is 14.5. The van der Waals surface area contributed by atoms with Gasteiger partial charge in [0.15, 0.2) is 17.3 Å². The monoisotopic (exact) mass is 2010 g/mol. The Balaban J connectivity index is 0.000000221. The lowest BCUT2D eigenvalue weighted by Crippen LogP contribution is -2.16. The Labute approximate surface area is 766 Å². The van der Waals surface area contributed by atoms with Crippen LogP contribution in [0.3, 0.4) is 0 Å². The van der Waals surface area contributed by atoms with E-state index < -0.39 is 231 Å². The number of hydrogen-bond acceptors (Lipinski definition) is 27. The molecule has 0 aliphatic heterocycles. The van der Waals surface area contributed by atoms with Crippen LogP contribution in [0.1, 0.15) is 81.1 Å². The average Bonchev–Trinajstić information content (AvgIpc) is 0.787. The number of nitro groups is 12. The molecule has 12 rings (SSSR count). The van der Waals surface area contributed by atoms with Gasteiger partial charge in [0, 0.05) is 140 Å². The lowest BCUT2D eigenvalue weighted by Gasteiger charge is -2.17. The van der Waals surface area contributed by atoms with Gasteiger partial charge in [0.2, 0.25) is 34.9 Å². The van der Waals surface area contributed by atoms with Gasteiger partial charge in [-0.25, -0.2) is 0 Å². The Morgan fingerprint density at radius 3 is 0.459 bits per heavy atom. The molecule has 39 nitrogen and oxygen atoms in total. The Kier molecular flexibility index (Phi) is 34.2. The van der Waals surface area contributed by atoms with Gasteiger partial charge in [-0.05, 0) is 127 Å². The van der Waals surface area contributed by atoms with Crippen LogP contribution in [0.2, 0.25) is 30.1 Å². The summed E-state index contributed by atoms with van der Waals surface area (Å²) in [6.45, 7) is 0. The predicted molar refractivity (Wildman–Crippen MR) is 446 cm³/mol. The minimum Gasteiger partial charge on any atom is -0.289 e. The van der Waals surface area contributed by atoms with Crippen molar-refractivity contribution < 1.29 is 126 Å². The first-order chi connectivity index (χ1) is 62.8. The molecule has 0 heterocycles. The highest BCUT2D eigenvalue weighted by Gasteiger charge is 2.42. The van der Waals surface area contributed by atoms with Crippen molar-refractivity contribution in [1.82, 2.24) is 0 Å². The molecule has 0 aromatic heterocycles. The second kappa shape index (κ2) is 43.8. The predicted octanol–water partition coefficient (Wildman–Crippen LogP) is 23.9. The number of benzene rings is 12. The van der Waals surface area contributed by atoms with Gasteiger partial charge in [0.25, 0.3) is 51.9 Å². The van der Waals surface area contributed by atoms with Gasteiger partial charge in [-0.15, -0.1) is 0 Å². The van der Waals surface area contributed by atoms with E-state index in [0.29, 0.717) is 84.9 Å². The fraction of sp³-hybridized carbons (Fsp3) is 0.0385. The van der Waals surface area contributed by atoms with Crippen LogP contribution >= 0.6 is 69.6 Å². The molecule has 0 atom stereocenters. The van der Waals surface area contributed by atoms with E-state index in [9.17, 15) is 188 Å². The van der Waals surface area contributed by atoms with E-state index in [1.807, 2.05) is 0 Å². The Morgan fingerprint density at radius 2 is 0.296 bits per heavy atom. The molecule has 0 bridgehead atoms. The molecule has 0 aliphatic rings. The van der Waals surface area contributed by atoms with Gasteiger partial charge in [0.05, 0.1) is 59.1 Å². The van der Waals surface area contributed by atoms with Crippen LogP contribution in [-0.2, 0) is 17.8 Å². The van der Waals surface area contributed by atoms with E-state index in [0.717, 1.165) is 97.1 Å². The second-order valence-corrected chi connectivity index (χ2v) is 28.2. The molecule has 0 amide bonds. The summed E-state index contributed by atoms with van der Waals surface area (Å²) in [5.41, 5.74) is -15.3. The van der Waals surface area contributed by atoms with Gasteiger partial charge in [0.1, 0.15) is 30.1 Å². The lowest BCUT2D eigenvalue weighted by molar-refractivity contribution is -0.387. The molecule has 0 aliphatic carbocycles. The van der Waals surface area contributed by atoms with Crippen LogP contribution < -0.4 is 0 Å². The number of hydrogen-bond donors (Lipinski definition) is 0. The van der Waals surface area contributed by atoms with Crippen LogP contribution in [0.4, 0.5) is 121 Å². The van der Waals surface area contributed by atoms with Crippen LogP contribution in [0.15, 0.2) is 218 Å². The summed E-state index contributed by atoms with van der Waals surface area (Å²) in [5.74, 6) is -20.8.